The molecule has 1 aliphatic carbocycles. The summed E-state index contributed by atoms with van der Waals surface area (Å²) in [5.74, 6) is 0.334. The second kappa shape index (κ2) is 9.18. The predicted octanol–water partition coefficient (Wildman–Crippen LogP) is 4.99. The van der Waals surface area contributed by atoms with Crippen LogP contribution in [-0.2, 0) is 11.3 Å². The van der Waals surface area contributed by atoms with Gasteiger partial charge in [-0.15, -0.1) is 11.3 Å². The van der Waals surface area contributed by atoms with Crippen LogP contribution in [0.15, 0.2) is 35.4 Å². The molecule has 1 fully saturated rings. The Hall–Kier alpha value is -2.38. The molecule has 158 valence electrons. The zero-order chi connectivity index (χ0) is 21.1. The molecule has 0 atom stereocenters. The average Bonchev–Trinajstić information content (AvgIpc) is 3.09. The van der Waals surface area contributed by atoms with Crippen molar-refractivity contribution in [2.45, 2.75) is 51.7 Å². The number of carbonyl (C=O) groups is 1. The van der Waals surface area contributed by atoms with Crippen LogP contribution in [0.5, 0.6) is 5.75 Å². The summed E-state index contributed by atoms with van der Waals surface area (Å²) < 4.78 is 12.9. The third kappa shape index (κ3) is 4.52. The van der Waals surface area contributed by atoms with Crippen LogP contribution in [0.1, 0.15) is 47.3 Å². The van der Waals surface area contributed by atoms with E-state index in [0.29, 0.717) is 44.6 Å². The first-order chi connectivity index (χ1) is 14.5. The number of nitrogens with zero attached hydrogens (tertiary/aromatic N) is 2. The highest BCUT2D eigenvalue weighted by molar-refractivity contribution is 7.20. The summed E-state index contributed by atoms with van der Waals surface area (Å²) >= 11 is 7.09. The standard InChI is InChI=1S/C22H23ClN2O4S/c1-14-18-20(30-19(14)22(27)29-17-5-3-2-4-6-17)24-13-25(21(18)26)11-12-28-16-9-7-15(23)8-10-16/h7-10,13,17H,2-6,11-12H2,1H3. The minimum atomic E-state index is -0.348. The van der Waals surface area contributed by atoms with E-state index < -0.39 is 0 Å². The molecular formula is C22H23ClN2O4S. The number of fused-ring (bicyclic) bond motifs is 1. The normalized spacial score (nSPS) is 14.7. The molecule has 0 N–H and O–H groups in total. The van der Waals surface area contributed by atoms with Crippen LogP contribution in [0.4, 0.5) is 0 Å². The highest BCUT2D eigenvalue weighted by atomic mass is 35.5. The van der Waals surface area contributed by atoms with Gasteiger partial charge in [0.1, 0.15) is 28.2 Å². The van der Waals surface area contributed by atoms with E-state index in [9.17, 15) is 9.59 Å². The van der Waals surface area contributed by atoms with Gasteiger partial charge in [-0.3, -0.25) is 9.36 Å². The summed E-state index contributed by atoms with van der Waals surface area (Å²) in [6, 6.07) is 7.05. The van der Waals surface area contributed by atoms with E-state index in [1.807, 2.05) is 0 Å². The molecule has 2 aromatic heterocycles. The van der Waals surface area contributed by atoms with Crippen molar-refractivity contribution in [3.8, 4) is 5.75 Å². The van der Waals surface area contributed by atoms with E-state index in [2.05, 4.69) is 4.98 Å². The van der Waals surface area contributed by atoms with Crippen molar-refractivity contribution in [2.24, 2.45) is 0 Å². The SMILES string of the molecule is Cc1c(C(=O)OC2CCCCC2)sc2ncn(CCOc3ccc(Cl)cc3)c(=O)c12. The molecule has 6 nitrogen and oxygen atoms in total. The van der Waals surface area contributed by atoms with Gasteiger partial charge in [-0.2, -0.15) is 0 Å². The lowest BCUT2D eigenvalue weighted by molar-refractivity contribution is 0.0216. The van der Waals surface area contributed by atoms with E-state index in [4.69, 9.17) is 21.1 Å². The number of hydrogen-bond donors (Lipinski definition) is 0. The van der Waals surface area contributed by atoms with Gasteiger partial charge in [-0.25, -0.2) is 9.78 Å². The number of esters is 1. The van der Waals surface area contributed by atoms with E-state index in [1.54, 1.807) is 31.2 Å². The van der Waals surface area contributed by atoms with Crippen LogP contribution in [-0.4, -0.2) is 28.2 Å². The number of aromatic nitrogens is 2. The van der Waals surface area contributed by atoms with E-state index >= 15 is 0 Å². The minimum absolute atomic E-state index is 0.0227. The summed E-state index contributed by atoms with van der Waals surface area (Å²) in [5, 5.41) is 1.11. The van der Waals surface area contributed by atoms with Crippen LogP contribution in [0.3, 0.4) is 0 Å². The van der Waals surface area contributed by atoms with Gasteiger partial charge >= 0.3 is 5.97 Å². The first-order valence-corrected chi connectivity index (χ1v) is 11.3. The fourth-order valence-electron chi connectivity index (χ4n) is 3.69. The van der Waals surface area contributed by atoms with Crippen molar-refractivity contribution in [3.05, 3.63) is 56.4 Å². The molecule has 0 aliphatic heterocycles. The van der Waals surface area contributed by atoms with Gasteiger partial charge in [0.25, 0.3) is 5.56 Å². The van der Waals surface area contributed by atoms with Gasteiger partial charge in [0, 0.05) is 5.02 Å². The molecule has 0 bridgehead atoms. The van der Waals surface area contributed by atoms with Crippen molar-refractivity contribution in [3.63, 3.8) is 0 Å². The maximum absolute atomic E-state index is 13.0. The minimum Gasteiger partial charge on any atom is -0.492 e. The van der Waals surface area contributed by atoms with E-state index in [0.717, 1.165) is 25.7 Å². The first kappa shape index (κ1) is 20.9. The van der Waals surface area contributed by atoms with Gasteiger partial charge in [0.2, 0.25) is 0 Å². The molecule has 1 aromatic carbocycles. The Morgan fingerprint density at radius 1 is 1.23 bits per heavy atom. The zero-order valence-electron chi connectivity index (χ0n) is 16.7. The molecule has 0 unspecified atom stereocenters. The summed E-state index contributed by atoms with van der Waals surface area (Å²) in [7, 11) is 0. The van der Waals surface area contributed by atoms with Crippen molar-refractivity contribution < 1.29 is 14.3 Å². The molecule has 1 saturated carbocycles. The summed E-state index contributed by atoms with van der Waals surface area (Å²) in [4.78, 5) is 31.1. The van der Waals surface area contributed by atoms with Crippen molar-refractivity contribution in [2.75, 3.05) is 6.61 Å². The fourth-order valence-corrected chi connectivity index (χ4v) is 4.84. The smallest absolute Gasteiger partial charge is 0.348 e. The van der Waals surface area contributed by atoms with Gasteiger partial charge in [-0.1, -0.05) is 18.0 Å². The molecule has 0 radical (unpaired) electrons. The molecule has 0 amide bonds. The number of ether oxygens (including phenoxy) is 2. The molecular weight excluding hydrogens is 424 g/mol. The molecule has 1 aliphatic rings. The third-order valence-electron chi connectivity index (χ3n) is 5.34. The largest absolute Gasteiger partial charge is 0.492 e. The Morgan fingerprint density at radius 2 is 1.97 bits per heavy atom. The summed E-state index contributed by atoms with van der Waals surface area (Å²) in [6.07, 6.45) is 6.68. The Kier molecular flexibility index (Phi) is 6.39. The second-order valence-electron chi connectivity index (χ2n) is 7.45. The topological polar surface area (TPSA) is 70.4 Å². The predicted molar refractivity (Wildman–Crippen MR) is 118 cm³/mol. The van der Waals surface area contributed by atoms with Gasteiger partial charge in [0.15, 0.2) is 0 Å². The Morgan fingerprint density at radius 3 is 2.70 bits per heavy atom. The quantitative estimate of drug-likeness (QED) is 0.499. The van der Waals surface area contributed by atoms with Crippen molar-refractivity contribution in [1.29, 1.82) is 0 Å². The lowest BCUT2D eigenvalue weighted by atomic mass is 9.98. The van der Waals surface area contributed by atoms with Crippen LogP contribution >= 0.6 is 22.9 Å². The van der Waals surface area contributed by atoms with Gasteiger partial charge in [0.05, 0.1) is 18.3 Å². The lowest BCUT2D eigenvalue weighted by Gasteiger charge is -2.21. The van der Waals surface area contributed by atoms with Crippen LogP contribution in [0.25, 0.3) is 10.2 Å². The molecule has 0 spiro atoms. The highest BCUT2D eigenvalue weighted by Crippen LogP contribution is 2.29. The number of thiophene rings is 1. The Balaban J connectivity index is 1.49. The summed E-state index contributed by atoms with van der Waals surface area (Å²) in [6.45, 7) is 2.45. The lowest BCUT2D eigenvalue weighted by Crippen LogP contribution is -2.23. The highest BCUT2D eigenvalue weighted by Gasteiger charge is 2.24. The number of carbonyl (C=O) groups excluding carboxylic acids is 1. The number of aryl methyl sites for hydroxylation is 1. The van der Waals surface area contributed by atoms with E-state index in [1.165, 1.54) is 28.7 Å². The first-order valence-electron chi connectivity index (χ1n) is 10.1. The number of halogens is 1. The second-order valence-corrected chi connectivity index (χ2v) is 8.88. The number of benzene rings is 1. The molecule has 4 rings (SSSR count). The molecule has 3 aromatic rings. The van der Waals surface area contributed by atoms with Crippen molar-refractivity contribution >= 4 is 39.1 Å². The van der Waals surface area contributed by atoms with Crippen LogP contribution in [0.2, 0.25) is 5.02 Å². The number of rotatable bonds is 6. The maximum Gasteiger partial charge on any atom is 0.348 e. The molecule has 0 saturated heterocycles. The molecule has 8 heteroatoms. The van der Waals surface area contributed by atoms with Gasteiger partial charge in [-0.05, 0) is 62.4 Å². The van der Waals surface area contributed by atoms with Crippen LogP contribution < -0.4 is 10.3 Å². The van der Waals surface area contributed by atoms with Gasteiger partial charge < -0.3 is 9.47 Å². The maximum atomic E-state index is 13.0. The third-order valence-corrected chi connectivity index (χ3v) is 6.77. The molecule has 30 heavy (non-hydrogen) atoms. The van der Waals surface area contributed by atoms with Crippen LogP contribution in [0, 0.1) is 6.92 Å². The zero-order valence-corrected chi connectivity index (χ0v) is 18.3. The van der Waals surface area contributed by atoms with E-state index in [-0.39, 0.29) is 17.6 Å². The molecule has 2 heterocycles. The van der Waals surface area contributed by atoms with Crippen molar-refractivity contribution in [1.82, 2.24) is 9.55 Å². The average molecular weight is 447 g/mol. The monoisotopic (exact) mass is 446 g/mol. The number of hydrogen-bond acceptors (Lipinski definition) is 6. The summed E-state index contributed by atoms with van der Waals surface area (Å²) in [5.41, 5.74) is 0.464. The fraction of sp³-hybridized carbons (Fsp3) is 0.409. The Bertz CT molecular complexity index is 1100. The Labute approximate surface area is 183 Å².